The highest BCUT2D eigenvalue weighted by molar-refractivity contribution is 7.91. The zero-order chi connectivity index (χ0) is 20.1. The maximum absolute atomic E-state index is 11.6. The normalized spacial score (nSPS) is 18.4. The average Bonchev–Trinajstić information content (AvgIpc) is 3.30. The van der Waals surface area contributed by atoms with Crippen molar-refractivity contribution in [3.8, 4) is 5.75 Å². The van der Waals surface area contributed by atoms with Crippen molar-refractivity contribution < 1.29 is 13.2 Å². The highest BCUT2D eigenvalue weighted by Crippen LogP contribution is 2.40. The van der Waals surface area contributed by atoms with Crippen LogP contribution in [0.25, 0.3) is 0 Å². The molecule has 8 nitrogen and oxygen atoms in total. The molecule has 4 rings (SSSR count). The van der Waals surface area contributed by atoms with E-state index in [0.717, 1.165) is 12.8 Å². The van der Waals surface area contributed by atoms with E-state index in [4.69, 9.17) is 15.9 Å². The third kappa shape index (κ3) is 3.66. The molecule has 3 N–H and O–H groups in total. The number of hydrogen-bond donors (Lipinski definition) is 2. The molecule has 1 aliphatic heterocycles. The van der Waals surface area contributed by atoms with E-state index in [1.165, 1.54) is 12.6 Å². The summed E-state index contributed by atoms with van der Waals surface area (Å²) < 4.78 is 29.2. The molecule has 1 aromatic heterocycles. The minimum atomic E-state index is -3.05. The fourth-order valence-electron chi connectivity index (χ4n) is 3.07. The van der Waals surface area contributed by atoms with Crippen LogP contribution in [0.2, 0.25) is 0 Å². The van der Waals surface area contributed by atoms with Crippen molar-refractivity contribution in [3.05, 3.63) is 41.9 Å². The Labute approximate surface area is 164 Å². The molecule has 2 fully saturated rings. The summed E-state index contributed by atoms with van der Waals surface area (Å²) >= 11 is 0. The van der Waals surface area contributed by atoms with Crippen LogP contribution in [-0.4, -0.2) is 54.3 Å². The van der Waals surface area contributed by atoms with Crippen molar-refractivity contribution >= 4 is 27.1 Å². The summed E-state index contributed by atoms with van der Waals surface area (Å²) in [5.74, 6) is 1.29. The first-order valence-corrected chi connectivity index (χ1v) is 11.0. The summed E-state index contributed by atoms with van der Waals surface area (Å²) in [4.78, 5) is 10.3. The van der Waals surface area contributed by atoms with Gasteiger partial charge in [0.1, 0.15) is 23.5 Å². The number of nitrogen functional groups attached to an aromatic ring is 1. The van der Waals surface area contributed by atoms with Crippen molar-refractivity contribution in [3.63, 3.8) is 0 Å². The van der Waals surface area contributed by atoms with Crippen molar-refractivity contribution in [1.29, 1.82) is 5.41 Å². The monoisotopic (exact) mass is 401 g/mol. The minimum Gasteiger partial charge on any atom is -0.488 e. The molecule has 0 amide bonds. The maximum atomic E-state index is 11.6. The van der Waals surface area contributed by atoms with Gasteiger partial charge >= 0.3 is 0 Å². The van der Waals surface area contributed by atoms with E-state index >= 15 is 0 Å². The molecule has 9 heteroatoms. The first kappa shape index (κ1) is 18.7. The summed E-state index contributed by atoms with van der Waals surface area (Å²) in [6, 6.07) is 7.01. The summed E-state index contributed by atoms with van der Waals surface area (Å²) in [7, 11) is -3.05. The Hall–Kier alpha value is -2.68. The van der Waals surface area contributed by atoms with Gasteiger partial charge in [-0.3, -0.25) is 5.41 Å². The van der Waals surface area contributed by atoms with E-state index in [9.17, 15) is 8.42 Å². The van der Waals surface area contributed by atoms with Gasteiger partial charge in [0.15, 0.2) is 9.84 Å². The number of nitrogens with two attached hydrogens (primary N) is 1. The van der Waals surface area contributed by atoms with Gasteiger partial charge in [0.25, 0.3) is 0 Å². The molecule has 2 aliphatic rings. The zero-order valence-electron chi connectivity index (χ0n) is 15.8. The summed E-state index contributed by atoms with van der Waals surface area (Å²) in [5.41, 5.74) is 7.59. The van der Waals surface area contributed by atoms with Gasteiger partial charge in [-0.25, -0.2) is 18.4 Å². The molecule has 0 radical (unpaired) electrons. The highest BCUT2D eigenvalue weighted by atomic mass is 32.2. The van der Waals surface area contributed by atoms with Gasteiger partial charge in [-0.2, -0.15) is 0 Å². The lowest BCUT2D eigenvalue weighted by molar-refractivity contribution is 0.200. The minimum absolute atomic E-state index is 0.120. The van der Waals surface area contributed by atoms with E-state index in [2.05, 4.69) is 16.9 Å². The fourth-order valence-corrected chi connectivity index (χ4v) is 3.97. The quantitative estimate of drug-likeness (QED) is 0.557. The number of ether oxygens (including phenoxy) is 1. The highest BCUT2D eigenvalue weighted by Gasteiger charge is 2.40. The number of nitrogens with one attached hydrogen (secondary N) is 1. The van der Waals surface area contributed by atoms with E-state index in [1.807, 2.05) is 11.0 Å². The van der Waals surface area contributed by atoms with Gasteiger partial charge < -0.3 is 15.4 Å². The maximum Gasteiger partial charge on any atom is 0.153 e. The summed E-state index contributed by atoms with van der Waals surface area (Å²) in [6.07, 6.45) is 4.66. The Morgan fingerprint density at radius 2 is 2.00 bits per heavy atom. The van der Waals surface area contributed by atoms with Gasteiger partial charge in [0.05, 0.1) is 16.7 Å². The van der Waals surface area contributed by atoms with E-state index in [0.29, 0.717) is 41.6 Å². The van der Waals surface area contributed by atoms with Crippen LogP contribution in [0.3, 0.4) is 0 Å². The number of sulfone groups is 1. The Morgan fingerprint density at radius 1 is 1.29 bits per heavy atom. The van der Waals surface area contributed by atoms with Crippen LogP contribution in [0, 0.1) is 5.41 Å². The topological polar surface area (TPSA) is 122 Å². The van der Waals surface area contributed by atoms with Gasteiger partial charge in [-0.05, 0) is 38.0 Å². The number of hydrogen-bond acceptors (Lipinski definition) is 8. The second-order valence-electron chi connectivity index (χ2n) is 7.79. The Kier molecular flexibility index (Phi) is 4.29. The van der Waals surface area contributed by atoms with Crippen LogP contribution in [0.1, 0.15) is 31.0 Å². The molecule has 1 aromatic carbocycles. The van der Waals surface area contributed by atoms with E-state index in [-0.39, 0.29) is 16.6 Å². The molecule has 1 aliphatic carbocycles. The standard InChI is InChI=1S/C19H23N5O3S/c1-19(5-6-19)27-12-3-4-15(20)14(7-12)18(21)16-8-17(23-11-22-16)24-9-13(10-24)28(2,25)26/h3-4,7-8,11,13,21H,5-6,9-10,20H2,1-2H3. The van der Waals surface area contributed by atoms with Crippen LogP contribution in [0.15, 0.2) is 30.6 Å². The first-order valence-electron chi connectivity index (χ1n) is 9.08. The third-order valence-corrected chi connectivity index (χ3v) is 6.81. The lowest BCUT2D eigenvalue weighted by Crippen LogP contribution is -2.54. The number of aromatic nitrogens is 2. The molecule has 0 bridgehead atoms. The number of rotatable bonds is 6. The number of benzene rings is 1. The second-order valence-corrected chi connectivity index (χ2v) is 10.1. The van der Waals surface area contributed by atoms with Gasteiger partial charge in [0, 0.05) is 36.7 Å². The second kappa shape index (κ2) is 6.44. The Bertz CT molecular complexity index is 1040. The van der Waals surface area contributed by atoms with Crippen LogP contribution >= 0.6 is 0 Å². The third-order valence-electron chi connectivity index (χ3n) is 5.30. The van der Waals surface area contributed by atoms with Crippen LogP contribution in [0.4, 0.5) is 11.5 Å². The summed E-state index contributed by atoms with van der Waals surface area (Å²) in [6.45, 7) is 2.85. The van der Waals surface area contributed by atoms with Crippen molar-refractivity contribution in [2.75, 3.05) is 30.0 Å². The smallest absolute Gasteiger partial charge is 0.153 e. The van der Waals surface area contributed by atoms with Crippen molar-refractivity contribution in [1.82, 2.24) is 9.97 Å². The van der Waals surface area contributed by atoms with Crippen LogP contribution in [0.5, 0.6) is 5.75 Å². The molecule has 28 heavy (non-hydrogen) atoms. The lowest BCUT2D eigenvalue weighted by atomic mass is 10.0. The SMILES string of the molecule is CC1(Oc2ccc(N)c(C(=N)c3cc(N4CC(S(C)(=O)=O)C4)ncn3)c2)CC1. The molecule has 1 saturated heterocycles. The molecule has 0 spiro atoms. The number of anilines is 2. The van der Waals surface area contributed by atoms with Crippen molar-refractivity contribution in [2.24, 2.45) is 0 Å². The molecule has 0 atom stereocenters. The Morgan fingerprint density at radius 3 is 2.64 bits per heavy atom. The molecule has 148 valence electrons. The number of nitrogens with zero attached hydrogens (tertiary/aromatic N) is 3. The van der Waals surface area contributed by atoms with Gasteiger partial charge in [-0.15, -0.1) is 0 Å². The summed E-state index contributed by atoms with van der Waals surface area (Å²) in [5, 5.41) is 8.19. The molecular weight excluding hydrogens is 378 g/mol. The molecular formula is C19H23N5O3S. The Balaban J connectivity index is 1.55. The van der Waals surface area contributed by atoms with Gasteiger partial charge in [0.2, 0.25) is 0 Å². The van der Waals surface area contributed by atoms with E-state index in [1.54, 1.807) is 18.2 Å². The van der Waals surface area contributed by atoms with Crippen LogP contribution in [-0.2, 0) is 9.84 Å². The molecule has 2 aromatic rings. The predicted molar refractivity (Wildman–Crippen MR) is 108 cm³/mol. The zero-order valence-corrected chi connectivity index (χ0v) is 16.7. The van der Waals surface area contributed by atoms with Crippen LogP contribution < -0.4 is 15.4 Å². The van der Waals surface area contributed by atoms with Gasteiger partial charge in [-0.1, -0.05) is 0 Å². The first-order chi connectivity index (χ1) is 13.1. The molecule has 1 saturated carbocycles. The molecule has 0 unspecified atom stereocenters. The molecule has 2 heterocycles. The average molecular weight is 401 g/mol. The lowest BCUT2D eigenvalue weighted by Gasteiger charge is -2.38. The fraction of sp³-hybridized carbons (Fsp3) is 0.421. The van der Waals surface area contributed by atoms with Crippen molar-refractivity contribution in [2.45, 2.75) is 30.6 Å². The predicted octanol–water partition coefficient (Wildman–Crippen LogP) is 1.64. The van der Waals surface area contributed by atoms with E-state index < -0.39 is 9.84 Å². The largest absolute Gasteiger partial charge is 0.488 e.